The predicted octanol–water partition coefficient (Wildman–Crippen LogP) is 5.66. The fraction of sp³-hybridized carbons (Fsp3) is 0.784. The van der Waals surface area contributed by atoms with Gasteiger partial charge in [-0.3, -0.25) is 9.59 Å². The molecule has 1 aromatic carbocycles. The second kappa shape index (κ2) is 17.7. The van der Waals surface area contributed by atoms with Crippen LogP contribution in [-0.2, 0) is 58.8 Å². The van der Waals surface area contributed by atoms with Gasteiger partial charge in [-0.15, -0.1) is 0 Å². The fourth-order valence-corrected chi connectivity index (χ4v) is 7.45. The van der Waals surface area contributed by atoms with E-state index < -0.39 is 55.2 Å². The first-order valence-corrected chi connectivity index (χ1v) is 17.7. The Bertz CT molecular complexity index is 1150. The molecule has 4 rings (SSSR count). The Balaban J connectivity index is 1.53. The normalized spacial score (nSPS) is 40.2. The molecule has 0 bridgehead atoms. The quantitative estimate of drug-likeness (QED) is 0.241. The SMILES string of the molecule is CCC1O[C@H](O[C@@H]2C(CC)O[C@H](O[C@@H]3C(C)[C@@H](OC)OC(COCc4ccccc4)[C@H]3C)C(OC(C)=O)[C@H]2C)C(OC(C)=O)[C@@H](C)[C@@H]1C. The molecule has 0 radical (unpaired) electrons. The number of ether oxygens (including phenoxy) is 9. The number of esters is 2. The summed E-state index contributed by atoms with van der Waals surface area (Å²) in [6.45, 7) is 17.9. The number of rotatable bonds is 13. The lowest BCUT2D eigenvalue weighted by atomic mass is 9.82. The van der Waals surface area contributed by atoms with Gasteiger partial charge in [0.2, 0.25) is 0 Å². The van der Waals surface area contributed by atoms with Crippen molar-refractivity contribution in [1.82, 2.24) is 0 Å². The highest BCUT2D eigenvalue weighted by Crippen LogP contribution is 2.41. The molecule has 0 aromatic heterocycles. The van der Waals surface area contributed by atoms with Gasteiger partial charge in [-0.2, -0.15) is 0 Å². The van der Waals surface area contributed by atoms with Crippen molar-refractivity contribution in [1.29, 1.82) is 0 Å². The second-order valence-corrected chi connectivity index (χ2v) is 13.8. The van der Waals surface area contributed by atoms with E-state index in [-0.39, 0.29) is 47.9 Å². The molecule has 0 saturated carbocycles. The smallest absolute Gasteiger partial charge is 0.303 e. The van der Waals surface area contributed by atoms with Gasteiger partial charge in [-0.1, -0.05) is 78.8 Å². The summed E-state index contributed by atoms with van der Waals surface area (Å²) >= 11 is 0. The highest BCUT2D eigenvalue weighted by Gasteiger charge is 2.53. The minimum atomic E-state index is -0.871. The van der Waals surface area contributed by atoms with Crippen molar-refractivity contribution in [2.75, 3.05) is 13.7 Å². The standard InChI is InChI=1S/C37H58O11/c1-11-28-20(3)21(4)33(42-25(8)38)36(44-28)48-32-23(6)34(43-26(9)39)37(45-29(32)12-2)47-31-22(5)30(46-35(40-10)24(31)7)19-41-18-27-16-14-13-15-17-27/h13-17,20-24,28-37H,11-12,18-19H2,1-10H3/t20-,21-,22+,23-,24?,28?,29?,30?,31-,32-,33?,34?,35-,36+,37+/m0/s1. The number of methoxy groups -OCH3 is 1. The molecule has 272 valence electrons. The van der Waals surface area contributed by atoms with E-state index >= 15 is 0 Å². The number of hydrogen-bond donors (Lipinski definition) is 0. The number of carbonyl (C=O) groups excluding carboxylic acids is 2. The third-order valence-corrected chi connectivity index (χ3v) is 10.5. The molecule has 0 N–H and O–H groups in total. The van der Waals surface area contributed by atoms with Crippen molar-refractivity contribution in [3.8, 4) is 0 Å². The topological polar surface area (TPSA) is 117 Å². The lowest BCUT2D eigenvalue weighted by molar-refractivity contribution is -0.359. The van der Waals surface area contributed by atoms with E-state index in [1.807, 2.05) is 51.1 Å². The zero-order chi connectivity index (χ0) is 35.1. The molecule has 3 heterocycles. The van der Waals surface area contributed by atoms with Crippen molar-refractivity contribution in [2.24, 2.45) is 29.6 Å². The van der Waals surface area contributed by atoms with Gasteiger partial charge in [0.15, 0.2) is 31.1 Å². The molecular weight excluding hydrogens is 620 g/mol. The Morgan fingerprint density at radius 3 is 1.73 bits per heavy atom. The number of hydrogen-bond acceptors (Lipinski definition) is 11. The Labute approximate surface area is 286 Å². The van der Waals surface area contributed by atoms with Crippen LogP contribution in [0.5, 0.6) is 0 Å². The predicted molar refractivity (Wildman–Crippen MR) is 176 cm³/mol. The lowest BCUT2D eigenvalue weighted by Gasteiger charge is -2.50. The van der Waals surface area contributed by atoms with Gasteiger partial charge in [-0.25, -0.2) is 0 Å². The van der Waals surface area contributed by atoms with E-state index in [1.54, 1.807) is 7.11 Å². The van der Waals surface area contributed by atoms with E-state index in [4.69, 9.17) is 42.6 Å². The lowest BCUT2D eigenvalue weighted by Crippen LogP contribution is -2.61. The van der Waals surface area contributed by atoms with Crippen LogP contribution in [-0.4, -0.2) is 87.3 Å². The molecule has 1 aromatic rings. The summed E-state index contributed by atoms with van der Waals surface area (Å²) in [7, 11) is 1.62. The molecule has 15 atom stereocenters. The monoisotopic (exact) mass is 678 g/mol. The average molecular weight is 679 g/mol. The molecule has 11 heteroatoms. The summed E-state index contributed by atoms with van der Waals surface area (Å²) < 4.78 is 56.4. The summed E-state index contributed by atoms with van der Waals surface area (Å²) in [5, 5.41) is 0. The van der Waals surface area contributed by atoms with E-state index in [9.17, 15) is 9.59 Å². The van der Waals surface area contributed by atoms with Crippen LogP contribution in [0.3, 0.4) is 0 Å². The Hall–Kier alpha value is -2.12. The summed E-state index contributed by atoms with van der Waals surface area (Å²) in [4.78, 5) is 24.6. The van der Waals surface area contributed by atoms with E-state index in [0.717, 1.165) is 12.0 Å². The first-order valence-electron chi connectivity index (χ1n) is 17.7. The van der Waals surface area contributed by atoms with Crippen molar-refractivity contribution in [3.63, 3.8) is 0 Å². The first kappa shape index (κ1) is 38.7. The molecule has 6 unspecified atom stereocenters. The van der Waals surface area contributed by atoms with Gasteiger partial charge < -0.3 is 42.6 Å². The Morgan fingerprint density at radius 2 is 1.17 bits per heavy atom. The highest BCUT2D eigenvalue weighted by molar-refractivity contribution is 5.66. The van der Waals surface area contributed by atoms with Crippen LogP contribution < -0.4 is 0 Å². The number of carbonyl (C=O) groups is 2. The maximum Gasteiger partial charge on any atom is 0.303 e. The van der Waals surface area contributed by atoms with Crippen LogP contribution in [0.2, 0.25) is 0 Å². The molecule has 3 aliphatic rings. The minimum absolute atomic E-state index is 0.00712. The van der Waals surface area contributed by atoms with Crippen LogP contribution in [0, 0.1) is 29.6 Å². The molecular formula is C37H58O11. The van der Waals surface area contributed by atoms with Gasteiger partial charge in [0.25, 0.3) is 0 Å². The maximum absolute atomic E-state index is 12.5. The second-order valence-electron chi connectivity index (χ2n) is 13.8. The maximum atomic E-state index is 12.5. The molecule has 48 heavy (non-hydrogen) atoms. The van der Waals surface area contributed by atoms with Crippen molar-refractivity contribution < 1.29 is 52.2 Å². The third-order valence-electron chi connectivity index (χ3n) is 10.5. The van der Waals surface area contributed by atoms with Crippen LogP contribution in [0.4, 0.5) is 0 Å². The Kier molecular flexibility index (Phi) is 14.3. The third kappa shape index (κ3) is 9.15. The van der Waals surface area contributed by atoms with Gasteiger partial charge in [-0.05, 0) is 24.3 Å². The fourth-order valence-electron chi connectivity index (χ4n) is 7.45. The van der Waals surface area contributed by atoms with Crippen molar-refractivity contribution in [2.45, 2.75) is 143 Å². The highest BCUT2D eigenvalue weighted by atomic mass is 16.8. The largest absolute Gasteiger partial charge is 0.457 e. The molecule has 3 fully saturated rings. The summed E-state index contributed by atoms with van der Waals surface area (Å²) in [6.07, 6.45) is -3.85. The summed E-state index contributed by atoms with van der Waals surface area (Å²) in [5.41, 5.74) is 1.08. The molecule has 11 nitrogen and oxygen atoms in total. The average Bonchev–Trinajstić information content (AvgIpc) is 3.06. The van der Waals surface area contributed by atoms with Crippen LogP contribution in [0.15, 0.2) is 30.3 Å². The summed E-state index contributed by atoms with van der Waals surface area (Å²) in [6, 6.07) is 9.99. The van der Waals surface area contributed by atoms with Crippen LogP contribution >= 0.6 is 0 Å². The Morgan fingerprint density at radius 1 is 0.625 bits per heavy atom. The zero-order valence-electron chi connectivity index (χ0n) is 30.4. The van der Waals surface area contributed by atoms with Crippen molar-refractivity contribution >= 4 is 11.9 Å². The van der Waals surface area contributed by atoms with Gasteiger partial charge in [0, 0.05) is 44.6 Å². The van der Waals surface area contributed by atoms with Gasteiger partial charge >= 0.3 is 11.9 Å². The van der Waals surface area contributed by atoms with Crippen molar-refractivity contribution in [3.05, 3.63) is 35.9 Å². The molecule has 3 aliphatic heterocycles. The van der Waals surface area contributed by atoms with Gasteiger partial charge in [0.1, 0.15) is 0 Å². The zero-order valence-corrected chi connectivity index (χ0v) is 30.4. The van der Waals surface area contributed by atoms with E-state index in [1.165, 1.54) is 13.8 Å². The summed E-state index contributed by atoms with van der Waals surface area (Å²) in [5.74, 6) is -1.27. The molecule has 0 amide bonds. The van der Waals surface area contributed by atoms with E-state index in [0.29, 0.717) is 19.6 Å². The molecule has 3 saturated heterocycles. The van der Waals surface area contributed by atoms with Crippen LogP contribution in [0.1, 0.15) is 80.7 Å². The number of benzene rings is 1. The minimum Gasteiger partial charge on any atom is -0.457 e. The van der Waals surface area contributed by atoms with E-state index in [2.05, 4.69) is 27.7 Å². The molecule has 0 spiro atoms. The first-order chi connectivity index (χ1) is 22.9. The van der Waals surface area contributed by atoms with Crippen LogP contribution in [0.25, 0.3) is 0 Å². The molecule has 0 aliphatic carbocycles. The van der Waals surface area contributed by atoms with Gasteiger partial charge in [0.05, 0.1) is 43.7 Å².